The summed E-state index contributed by atoms with van der Waals surface area (Å²) in [6.45, 7) is 0.897. The van der Waals surface area contributed by atoms with E-state index < -0.39 is 11.9 Å². The Kier molecular flexibility index (Phi) is 4.98. The van der Waals surface area contributed by atoms with Crippen LogP contribution in [0.25, 0.3) is 0 Å². The molecule has 0 unspecified atom stereocenters. The van der Waals surface area contributed by atoms with Crippen LogP contribution in [0.15, 0.2) is 71.2 Å². The van der Waals surface area contributed by atoms with Crippen LogP contribution >= 0.6 is 15.9 Å². The number of halogens is 2. The van der Waals surface area contributed by atoms with Crippen LogP contribution in [-0.4, -0.2) is 29.3 Å². The maximum Gasteiger partial charge on any atom is 0.255 e. The van der Waals surface area contributed by atoms with Gasteiger partial charge in [0.2, 0.25) is 0 Å². The fourth-order valence-electron chi connectivity index (χ4n) is 4.21. The van der Waals surface area contributed by atoms with E-state index in [9.17, 15) is 14.0 Å². The van der Waals surface area contributed by atoms with Gasteiger partial charge in [-0.15, -0.1) is 0 Å². The molecular weight excluding hydrogens is 461 g/mol. The molecule has 0 bridgehead atoms. The van der Waals surface area contributed by atoms with Crippen molar-refractivity contribution in [2.75, 3.05) is 16.8 Å². The van der Waals surface area contributed by atoms with Crippen molar-refractivity contribution in [1.82, 2.24) is 4.90 Å². The largest absolute Gasteiger partial charge is 0.381 e. The number of nitrogens with one attached hydrogen (secondary N) is 1. The van der Waals surface area contributed by atoms with Crippen molar-refractivity contribution in [2.45, 2.75) is 19.1 Å². The minimum atomic E-state index is -0.710. The summed E-state index contributed by atoms with van der Waals surface area (Å²) in [6.07, 6.45) is 0. The van der Waals surface area contributed by atoms with Crippen LogP contribution in [0.3, 0.4) is 0 Å². The summed E-state index contributed by atoms with van der Waals surface area (Å²) in [7, 11) is 0. The van der Waals surface area contributed by atoms with Gasteiger partial charge in [0.25, 0.3) is 11.8 Å². The lowest BCUT2D eigenvalue weighted by Crippen LogP contribution is -2.50. The molecule has 2 amide bonds. The number of hydrogen-bond donors (Lipinski definition) is 1. The summed E-state index contributed by atoms with van der Waals surface area (Å²) in [6, 6.07) is 18.7. The van der Waals surface area contributed by atoms with Crippen molar-refractivity contribution >= 4 is 39.1 Å². The quantitative estimate of drug-likeness (QED) is 0.598. The maximum absolute atomic E-state index is 14.1. The molecule has 0 radical (unpaired) electrons. The molecule has 5 rings (SSSR count). The first kappa shape index (κ1) is 19.8. The molecular formula is C24H19BrFN3O2. The van der Waals surface area contributed by atoms with E-state index in [0.717, 1.165) is 15.6 Å². The van der Waals surface area contributed by atoms with Gasteiger partial charge in [0.1, 0.15) is 11.9 Å². The number of hydrogen-bond acceptors (Lipinski definition) is 3. The van der Waals surface area contributed by atoms with Crippen LogP contribution in [0.4, 0.5) is 15.8 Å². The molecule has 1 N–H and O–H groups in total. The highest BCUT2D eigenvalue weighted by atomic mass is 79.9. The zero-order valence-corrected chi connectivity index (χ0v) is 18.1. The first-order valence-electron chi connectivity index (χ1n) is 9.99. The van der Waals surface area contributed by atoms with E-state index in [1.807, 2.05) is 42.5 Å². The lowest BCUT2D eigenvalue weighted by molar-refractivity contribution is -0.122. The molecule has 1 atom stereocenters. The van der Waals surface area contributed by atoms with Crippen LogP contribution < -0.4 is 10.2 Å². The lowest BCUT2D eigenvalue weighted by atomic mass is 10.1. The van der Waals surface area contributed by atoms with Gasteiger partial charge >= 0.3 is 0 Å². The van der Waals surface area contributed by atoms with E-state index in [1.54, 1.807) is 21.9 Å². The normalized spacial score (nSPS) is 17.8. The number of rotatable bonds is 3. The van der Waals surface area contributed by atoms with Crippen LogP contribution in [-0.2, 0) is 17.9 Å². The number of carbonyl (C=O) groups excluding carboxylic acids is 2. The third kappa shape index (κ3) is 3.59. The molecule has 3 aromatic carbocycles. The summed E-state index contributed by atoms with van der Waals surface area (Å²) in [4.78, 5) is 30.0. The Morgan fingerprint density at radius 2 is 1.84 bits per heavy atom. The van der Waals surface area contributed by atoms with E-state index in [-0.39, 0.29) is 24.9 Å². The van der Waals surface area contributed by atoms with Crippen LogP contribution in [0, 0.1) is 5.82 Å². The van der Waals surface area contributed by atoms with Gasteiger partial charge in [-0.05, 0) is 47.5 Å². The van der Waals surface area contributed by atoms with Crippen molar-refractivity contribution in [3.05, 3.63) is 93.7 Å². The van der Waals surface area contributed by atoms with Crippen molar-refractivity contribution in [3.8, 4) is 0 Å². The zero-order chi connectivity index (χ0) is 21.5. The van der Waals surface area contributed by atoms with Crippen molar-refractivity contribution in [1.29, 1.82) is 0 Å². The third-order valence-electron chi connectivity index (χ3n) is 5.75. The number of benzene rings is 3. The molecule has 2 aliphatic rings. The topological polar surface area (TPSA) is 52.7 Å². The highest BCUT2D eigenvalue weighted by Gasteiger charge is 2.40. The molecule has 5 nitrogen and oxygen atoms in total. The fourth-order valence-corrected chi connectivity index (χ4v) is 4.61. The summed E-state index contributed by atoms with van der Waals surface area (Å²) >= 11 is 3.45. The van der Waals surface area contributed by atoms with Gasteiger partial charge in [0.15, 0.2) is 0 Å². The molecule has 7 heteroatoms. The maximum atomic E-state index is 14.1. The number of amides is 2. The molecule has 31 heavy (non-hydrogen) atoms. The smallest absolute Gasteiger partial charge is 0.255 e. The Balaban J connectivity index is 1.52. The van der Waals surface area contributed by atoms with Crippen molar-refractivity contribution < 1.29 is 14.0 Å². The van der Waals surface area contributed by atoms with Gasteiger partial charge in [0, 0.05) is 23.1 Å². The summed E-state index contributed by atoms with van der Waals surface area (Å²) < 4.78 is 15.0. The Labute approximate surface area is 187 Å². The SMILES string of the molecule is O=C1[C@@H](N2Cc3cc(Br)ccc3C2=O)CNc2ccc(F)cc2N1Cc1ccccc1. The predicted molar refractivity (Wildman–Crippen MR) is 120 cm³/mol. The molecule has 2 heterocycles. The second-order valence-corrected chi connectivity index (χ2v) is 8.62. The van der Waals surface area contributed by atoms with Crippen molar-refractivity contribution in [2.24, 2.45) is 0 Å². The van der Waals surface area contributed by atoms with E-state index in [0.29, 0.717) is 23.5 Å². The van der Waals surface area contributed by atoms with Gasteiger partial charge in [0.05, 0.1) is 17.9 Å². The summed E-state index contributed by atoms with van der Waals surface area (Å²) in [5, 5.41) is 3.25. The zero-order valence-electron chi connectivity index (χ0n) is 16.5. The first-order valence-corrected chi connectivity index (χ1v) is 10.8. The number of carbonyl (C=O) groups is 2. The molecule has 0 spiro atoms. The Bertz CT molecular complexity index is 1180. The van der Waals surface area contributed by atoms with E-state index in [2.05, 4.69) is 21.2 Å². The average molecular weight is 480 g/mol. The predicted octanol–water partition coefficient (Wildman–Crippen LogP) is 4.57. The standard InChI is InChI=1S/C24H19BrFN3O2/c25-17-6-8-19-16(10-17)14-29(23(19)30)22-12-27-20-9-7-18(26)11-21(20)28(24(22)31)13-15-4-2-1-3-5-15/h1-11,22,27H,12-14H2/t22-/m0/s1. The van der Waals surface area contributed by atoms with Crippen LogP contribution in [0.2, 0.25) is 0 Å². The van der Waals surface area contributed by atoms with Gasteiger partial charge < -0.3 is 15.1 Å². The van der Waals surface area contributed by atoms with Gasteiger partial charge in [-0.1, -0.05) is 46.3 Å². The Morgan fingerprint density at radius 3 is 2.65 bits per heavy atom. The molecule has 156 valence electrons. The monoisotopic (exact) mass is 479 g/mol. The average Bonchev–Trinajstić information content (AvgIpc) is 3.02. The number of fused-ring (bicyclic) bond motifs is 2. The minimum absolute atomic E-state index is 0.167. The summed E-state index contributed by atoms with van der Waals surface area (Å²) in [5.41, 5.74) is 3.56. The fraction of sp³-hybridized carbons (Fsp3) is 0.167. The molecule has 0 saturated carbocycles. The second-order valence-electron chi connectivity index (χ2n) is 7.70. The van der Waals surface area contributed by atoms with E-state index in [4.69, 9.17) is 0 Å². The minimum Gasteiger partial charge on any atom is -0.381 e. The highest BCUT2D eigenvalue weighted by molar-refractivity contribution is 9.10. The third-order valence-corrected chi connectivity index (χ3v) is 6.24. The van der Waals surface area contributed by atoms with Gasteiger partial charge in [-0.2, -0.15) is 0 Å². The Morgan fingerprint density at radius 1 is 1.03 bits per heavy atom. The van der Waals surface area contributed by atoms with Crippen LogP contribution in [0.5, 0.6) is 0 Å². The molecule has 0 fully saturated rings. The first-order chi connectivity index (χ1) is 15.0. The van der Waals surface area contributed by atoms with Crippen molar-refractivity contribution in [3.63, 3.8) is 0 Å². The van der Waals surface area contributed by atoms with E-state index in [1.165, 1.54) is 12.1 Å². The number of nitrogens with zero attached hydrogens (tertiary/aromatic N) is 2. The highest BCUT2D eigenvalue weighted by Crippen LogP contribution is 2.34. The molecule has 2 aliphatic heterocycles. The van der Waals surface area contributed by atoms with E-state index >= 15 is 0 Å². The number of anilines is 2. The molecule has 0 aliphatic carbocycles. The molecule has 0 aromatic heterocycles. The Hall–Kier alpha value is -3.19. The van der Waals surface area contributed by atoms with Gasteiger partial charge in [-0.25, -0.2) is 4.39 Å². The summed E-state index contributed by atoms with van der Waals surface area (Å²) in [5.74, 6) is -0.820. The van der Waals surface area contributed by atoms with Gasteiger partial charge in [-0.3, -0.25) is 9.59 Å². The lowest BCUT2D eigenvalue weighted by Gasteiger charge is -2.30. The second kappa shape index (κ2) is 7.81. The molecule has 0 saturated heterocycles. The van der Waals surface area contributed by atoms with Crippen LogP contribution in [0.1, 0.15) is 21.5 Å². The molecule has 3 aromatic rings.